The number of rotatable bonds is 3. The molecular weight excluding hydrogens is 245 g/mol. The van der Waals surface area contributed by atoms with Gasteiger partial charge in [0.2, 0.25) is 0 Å². The third-order valence-corrected chi connectivity index (χ3v) is 3.62. The van der Waals surface area contributed by atoms with Gasteiger partial charge in [-0.1, -0.05) is 19.1 Å². The van der Waals surface area contributed by atoms with E-state index in [1.807, 2.05) is 13.0 Å². The highest BCUT2D eigenvalue weighted by molar-refractivity contribution is 5.90. The van der Waals surface area contributed by atoms with Crippen LogP contribution in [0.25, 0.3) is 0 Å². The van der Waals surface area contributed by atoms with Crippen molar-refractivity contribution in [3.63, 3.8) is 0 Å². The van der Waals surface area contributed by atoms with E-state index in [1.54, 1.807) is 0 Å². The van der Waals surface area contributed by atoms with Gasteiger partial charge in [0, 0.05) is 19.1 Å². The second kappa shape index (κ2) is 5.94. The summed E-state index contributed by atoms with van der Waals surface area (Å²) >= 11 is 0. The summed E-state index contributed by atoms with van der Waals surface area (Å²) in [4.78, 5) is 12.5. The maximum Gasteiger partial charge on any atom is 0.157 e. The number of nitrogens with zero attached hydrogens (tertiary/aromatic N) is 1. The Kier molecular flexibility index (Phi) is 4.28. The SMILES string of the molecule is CC1COCCC1C(=O)C(C#N)c1ccc(F)cc1. The summed E-state index contributed by atoms with van der Waals surface area (Å²) in [5.41, 5.74) is 0.563. The average Bonchev–Trinajstić information content (AvgIpc) is 2.42. The molecule has 1 aromatic rings. The molecule has 100 valence electrons. The molecule has 4 heteroatoms. The molecule has 0 spiro atoms. The topological polar surface area (TPSA) is 50.1 Å². The van der Waals surface area contributed by atoms with Gasteiger partial charge in [-0.2, -0.15) is 5.26 Å². The van der Waals surface area contributed by atoms with Crippen molar-refractivity contribution in [2.24, 2.45) is 11.8 Å². The van der Waals surface area contributed by atoms with Gasteiger partial charge >= 0.3 is 0 Å². The van der Waals surface area contributed by atoms with Crippen molar-refractivity contribution in [2.45, 2.75) is 19.3 Å². The molecule has 3 nitrogen and oxygen atoms in total. The molecule has 1 fully saturated rings. The summed E-state index contributed by atoms with van der Waals surface area (Å²) in [6.45, 7) is 3.07. The van der Waals surface area contributed by atoms with E-state index in [9.17, 15) is 14.4 Å². The van der Waals surface area contributed by atoms with Crippen LogP contribution in [0, 0.1) is 29.0 Å². The minimum Gasteiger partial charge on any atom is -0.381 e. The van der Waals surface area contributed by atoms with Crippen molar-refractivity contribution >= 4 is 5.78 Å². The number of nitriles is 1. The molecule has 3 atom stereocenters. The average molecular weight is 261 g/mol. The van der Waals surface area contributed by atoms with Crippen molar-refractivity contribution in [3.8, 4) is 6.07 Å². The maximum absolute atomic E-state index is 12.9. The van der Waals surface area contributed by atoms with Gasteiger partial charge in [-0.3, -0.25) is 4.79 Å². The fraction of sp³-hybridized carbons (Fsp3) is 0.467. The summed E-state index contributed by atoms with van der Waals surface area (Å²) in [6, 6.07) is 7.61. The quantitative estimate of drug-likeness (QED) is 0.840. The van der Waals surface area contributed by atoms with Crippen LogP contribution in [0.1, 0.15) is 24.8 Å². The van der Waals surface area contributed by atoms with Gasteiger partial charge in [-0.15, -0.1) is 0 Å². The third-order valence-electron chi connectivity index (χ3n) is 3.62. The zero-order valence-corrected chi connectivity index (χ0v) is 10.8. The Morgan fingerprint density at radius 1 is 1.47 bits per heavy atom. The predicted molar refractivity (Wildman–Crippen MR) is 67.9 cm³/mol. The largest absolute Gasteiger partial charge is 0.381 e. The van der Waals surface area contributed by atoms with Crippen LogP contribution in [-0.4, -0.2) is 19.0 Å². The minimum atomic E-state index is -0.814. The molecule has 0 aliphatic carbocycles. The van der Waals surface area contributed by atoms with E-state index in [2.05, 4.69) is 0 Å². The molecule has 1 heterocycles. The molecule has 19 heavy (non-hydrogen) atoms. The first-order chi connectivity index (χ1) is 9.13. The third kappa shape index (κ3) is 2.99. The maximum atomic E-state index is 12.9. The van der Waals surface area contributed by atoms with Crippen LogP contribution in [0.15, 0.2) is 24.3 Å². The Balaban J connectivity index is 2.19. The number of ketones is 1. The molecule has 3 unspecified atom stereocenters. The molecule has 1 aliphatic rings. The molecule has 0 saturated carbocycles. The predicted octanol–water partition coefficient (Wildman–Crippen LogP) is 2.67. The van der Waals surface area contributed by atoms with Crippen LogP contribution >= 0.6 is 0 Å². The Hall–Kier alpha value is -1.73. The smallest absolute Gasteiger partial charge is 0.157 e. The first kappa shape index (κ1) is 13.7. The Labute approximate surface area is 112 Å². The normalized spacial score (nSPS) is 24.5. The molecular formula is C15H16FNO2. The second-order valence-electron chi connectivity index (χ2n) is 4.96. The molecule has 0 aromatic heterocycles. The Bertz CT molecular complexity index is 492. The first-order valence-corrected chi connectivity index (χ1v) is 6.40. The number of ether oxygens (including phenoxy) is 1. The molecule has 0 amide bonds. The molecule has 1 aliphatic heterocycles. The molecule has 1 saturated heterocycles. The second-order valence-corrected chi connectivity index (χ2v) is 4.96. The Morgan fingerprint density at radius 3 is 2.74 bits per heavy atom. The van der Waals surface area contributed by atoms with Crippen LogP contribution in [-0.2, 0) is 9.53 Å². The van der Waals surface area contributed by atoms with Crippen molar-refractivity contribution in [3.05, 3.63) is 35.6 Å². The lowest BCUT2D eigenvalue weighted by Gasteiger charge is -2.29. The van der Waals surface area contributed by atoms with E-state index in [0.717, 1.165) is 0 Å². The highest BCUT2D eigenvalue weighted by atomic mass is 19.1. The molecule has 0 bridgehead atoms. The molecule has 0 radical (unpaired) electrons. The number of hydrogen-bond acceptors (Lipinski definition) is 3. The first-order valence-electron chi connectivity index (χ1n) is 6.40. The monoisotopic (exact) mass is 261 g/mol. The zero-order chi connectivity index (χ0) is 13.8. The summed E-state index contributed by atoms with van der Waals surface area (Å²) in [5, 5.41) is 9.24. The molecule has 2 rings (SSSR count). The van der Waals surface area contributed by atoms with E-state index in [1.165, 1.54) is 24.3 Å². The zero-order valence-electron chi connectivity index (χ0n) is 10.8. The summed E-state index contributed by atoms with van der Waals surface area (Å²) in [5.74, 6) is -1.29. The lowest BCUT2D eigenvalue weighted by Crippen LogP contribution is -2.34. The highest BCUT2D eigenvalue weighted by Gasteiger charge is 2.33. The van der Waals surface area contributed by atoms with E-state index in [4.69, 9.17) is 4.74 Å². The van der Waals surface area contributed by atoms with Crippen LogP contribution in [0.4, 0.5) is 4.39 Å². The Morgan fingerprint density at radius 2 is 2.16 bits per heavy atom. The fourth-order valence-electron chi connectivity index (χ4n) is 2.47. The van der Waals surface area contributed by atoms with Gasteiger partial charge in [0.05, 0.1) is 6.07 Å². The van der Waals surface area contributed by atoms with Crippen LogP contribution in [0.3, 0.4) is 0 Å². The highest BCUT2D eigenvalue weighted by Crippen LogP contribution is 2.29. The minimum absolute atomic E-state index is 0.0788. The summed E-state index contributed by atoms with van der Waals surface area (Å²) in [6.07, 6.45) is 0.652. The number of hydrogen-bond donors (Lipinski definition) is 0. The van der Waals surface area contributed by atoms with Gasteiger partial charge < -0.3 is 4.74 Å². The van der Waals surface area contributed by atoms with E-state index in [0.29, 0.717) is 25.2 Å². The molecule has 1 aromatic carbocycles. The number of benzene rings is 1. The standard InChI is InChI=1S/C15H16FNO2/c1-10-9-19-7-6-13(10)15(18)14(8-17)11-2-4-12(16)5-3-11/h2-5,10,13-14H,6-7,9H2,1H3. The van der Waals surface area contributed by atoms with Gasteiger partial charge in [-0.05, 0) is 30.0 Å². The number of carbonyl (C=O) groups is 1. The molecule has 0 N–H and O–H groups in total. The van der Waals surface area contributed by atoms with Gasteiger partial charge in [0.25, 0.3) is 0 Å². The van der Waals surface area contributed by atoms with Gasteiger partial charge in [-0.25, -0.2) is 4.39 Å². The van der Waals surface area contributed by atoms with Crippen LogP contribution in [0.2, 0.25) is 0 Å². The van der Waals surface area contributed by atoms with E-state index < -0.39 is 5.92 Å². The van der Waals surface area contributed by atoms with Crippen molar-refractivity contribution in [1.82, 2.24) is 0 Å². The van der Waals surface area contributed by atoms with Crippen LogP contribution in [0.5, 0.6) is 0 Å². The fourth-order valence-corrected chi connectivity index (χ4v) is 2.47. The van der Waals surface area contributed by atoms with Gasteiger partial charge in [0.15, 0.2) is 5.78 Å². The summed E-state index contributed by atoms with van der Waals surface area (Å²) < 4.78 is 18.2. The van der Waals surface area contributed by atoms with Crippen molar-refractivity contribution in [2.75, 3.05) is 13.2 Å². The lowest BCUT2D eigenvalue weighted by atomic mass is 9.79. The number of Topliss-reactive ketones (excluding diaryl/α,β-unsaturated/α-hetero) is 1. The summed E-state index contributed by atoms with van der Waals surface area (Å²) in [7, 11) is 0. The van der Waals surface area contributed by atoms with Crippen molar-refractivity contribution < 1.29 is 13.9 Å². The van der Waals surface area contributed by atoms with E-state index in [-0.39, 0.29) is 23.4 Å². The number of halogens is 1. The number of carbonyl (C=O) groups excluding carboxylic acids is 1. The van der Waals surface area contributed by atoms with Crippen LogP contribution < -0.4 is 0 Å². The van der Waals surface area contributed by atoms with E-state index >= 15 is 0 Å². The lowest BCUT2D eigenvalue weighted by molar-refractivity contribution is -0.128. The van der Waals surface area contributed by atoms with Gasteiger partial charge in [0.1, 0.15) is 11.7 Å². The van der Waals surface area contributed by atoms with Crippen molar-refractivity contribution in [1.29, 1.82) is 5.26 Å².